The highest BCUT2D eigenvalue weighted by Gasteiger charge is 2.60. The van der Waals surface area contributed by atoms with Crippen LogP contribution in [0, 0.1) is 18.3 Å². The molecular weight excluding hydrogens is 310 g/mol. The Bertz CT molecular complexity index is 712. The highest BCUT2D eigenvalue weighted by molar-refractivity contribution is 5.98. The molecule has 1 spiro atoms. The first-order valence-electron chi connectivity index (χ1n) is 9.92. The number of benzene rings is 1. The maximum Gasteiger partial charge on any atom is 0.251 e. The number of hydrogen-bond acceptors (Lipinski definition) is 2. The molecule has 0 radical (unpaired) electrons. The van der Waals surface area contributed by atoms with E-state index in [2.05, 4.69) is 12.2 Å². The van der Waals surface area contributed by atoms with Crippen molar-refractivity contribution in [2.45, 2.75) is 73.3 Å². The highest BCUT2D eigenvalue weighted by Crippen LogP contribution is 2.64. The molecule has 1 N–H and O–H groups in total. The third-order valence-corrected chi connectivity index (χ3v) is 5.53. The van der Waals surface area contributed by atoms with Gasteiger partial charge in [-0.05, 0) is 61.3 Å². The lowest BCUT2D eigenvalue weighted by molar-refractivity contribution is 0.0627. The molecule has 138 valence electrons. The molecule has 2 unspecified atom stereocenters. The van der Waals surface area contributed by atoms with Gasteiger partial charge >= 0.3 is 0 Å². The maximum atomic E-state index is 12.6. The molecule has 3 nitrogen and oxygen atoms in total. The van der Waals surface area contributed by atoms with Crippen LogP contribution in [0.25, 0.3) is 11.0 Å². The molecule has 2 aromatic rings. The third-order valence-electron chi connectivity index (χ3n) is 5.53. The van der Waals surface area contributed by atoms with Gasteiger partial charge in [0.2, 0.25) is 0 Å². The summed E-state index contributed by atoms with van der Waals surface area (Å²) in [5.41, 5.74) is 3.11. The Labute approximate surface area is 152 Å². The van der Waals surface area contributed by atoms with E-state index in [1.807, 2.05) is 52.8 Å². The van der Waals surface area contributed by atoms with E-state index in [0.717, 1.165) is 28.5 Å². The molecule has 2 atom stereocenters. The molecule has 1 heterocycles. The van der Waals surface area contributed by atoms with Gasteiger partial charge in [0, 0.05) is 17.0 Å². The summed E-state index contributed by atoms with van der Waals surface area (Å²) in [6.07, 6.45) is 6.77. The van der Waals surface area contributed by atoms with Crippen LogP contribution in [0.2, 0.25) is 0 Å². The topological polar surface area (TPSA) is 42.2 Å². The van der Waals surface area contributed by atoms with Crippen LogP contribution in [0.4, 0.5) is 0 Å². The molecule has 0 aliphatic heterocycles. The summed E-state index contributed by atoms with van der Waals surface area (Å²) in [4.78, 5) is 12.6. The normalized spacial score (nSPS) is 22.2. The number of amides is 1. The summed E-state index contributed by atoms with van der Waals surface area (Å²) in [5, 5.41) is 4.33. The SMILES string of the molecule is CC.CC.CCC1CC2(CC2)C1NC(=O)c1ccc2occ(C)c2c1. The maximum absolute atomic E-state index is 12.6. The molecular formula is C22H33NO2. The molecule has 3 heteroatoms. The first-order valence-corrected chi connectivity index (χ1v) is 9.92. The van der Waals surface area contributed by atoms with Gasteiger partial charge in [0.25, 0.3) is 5.91 Å². The van der Waals surface area contributed by atoms with Crippen LogP contribution < -0.4 is 5.32 Å². The van der Waals surface area contributed by atoms with Crippen molar-refractivity contribution >= 4 is 16.9 Å². The van der Waals surface area contributed by atoms with Crippen molar-refractivity contribution < 1.29 is 9.21 Å². The van der Waals surface area contributed by atoms with Crippen molar-refractivity contribution in [3.63, 3.8) is 0 Å². The van der Waals surface area contributed by atoms with Crippen LogP contribution in [-0.4, -0.2) is 11.9 Å². The first kappa shape index (κ1) is 19.6. The molecule has 4 rings (SSSR count). The number of furan rings is 1. The Morgan fingerprint density at radius 2 is 1.92 bits per heavy atom. The molecule has 0 saturated heterocycles. The van der Waals surface area contributed by atoms with Crippen molar-refractivity contribution in [1.82, 2.24) is 5.32 Å². The number of carbonyl (C=O) groups is 1. The van der Waals surface area contributed by atoms with Crippen LogP contribution in [0.5, 0.6) is 0 Å². The summed E-state index contributed by atoms with van der Waals surface area (Å²) in [7, 11) is 0. The molecule has 2 saturated carbocycles. The van der Waals surface area contributed by atoms with Crippen molar-refractivity contribution in [3.8, 4) is 0 Å². The van der Waals surface area contributed by atoms with Crippen LogP contribution >= 0.6 is 0 Å². The Morgan fingerprint density at radius 1 is 1.24 bits per heavy atom. The second-order valence-corrected chi connectivity index (χ2v) is 6.82. The van der Waals surface area contributed by atoms with Gasteiger partial charge in [0.1, 0.15) is 5.58 Å². The zero-order valence-electron chi connectivity index (χ0n) is 16.6. The lowest BCUT2D eigenvalue weighted by Crippen LogP contribution is -2.55. The van der Waals surface area contributed by atoms with Crippen LogP contribution in [0.1, 0.15) is 76.2 Å². The summed E-state index contributed by atoms with van der Waals surface area (Å²) in [6, 6.07) is 6.08. The first-order chi connectivity index (χ1) is 12.1. The monoisotopic (exact) mass is 343 g/mol. The fourth-order valence-corrected chi connectivity index (χ4v) is 3.96. The van der Waals surface area contributed by atoms with Gasteiger partial charge in [-0.15, -0.1) is 0 Å². The largest absolute Gasteiger partial charge is 0.464 e. The van der Waals surface area contributed by atoms with Gasteiger partial charge in [-0.1, -0.05) is 41.0 Å². The Morgan fingerprint density at radius 3 is 2.52 bits per heavy atom. The van der Waals surface area contributed by atoms with E-state index in [1.54, 1.807) is 6.26 Å². The summed E-state index contributed by atoms with van der Waals surface area (Å²) in [6.45, 7) is 12.2. The van der Waals surface area contributed by atoms with E-state index in [4.69, 9.17) is 4.42 Å². The molecule has 2 fully saturated rings. The number of rotatable bonds is 3. The average Bonchev–Trinajstić information content (AvgIpc) is 3.40. The molecule has 25 heavy (non-hydrogen) atoms. The predicted molar refractivity (Wildman–Crippen MR) is 105 cm³/mol. The van der Waals surface area contributed by atoms with E-state index < -0.39 is 0 Å². The quantitative estimate of drug-likeness (QED) is 0.731. The fraction of sp³-hybridized carbons (Fsp3) is 0.591. The summed E-state index contributed by atoms with van der Waals surface area (Å²) in [5.74, 6) is 0.725. The second kappa shape index (κ2) is 8.07. The number of hydrogen-bond donors (Lipinski definition) is 1. The summed E-state index contributed by atoms with van der Waals surface area (Å²) < 4.78 is 5.44. The lowest BCUT2D eigenvalue weighted by atomic mass is 9.65. The van der Waals surface area contributed by atoms with Gasteiger partial charge in [-0.3, -0.25) is 4.79 Å². The molecule has 0 bridgehead atoms. The van der Waals surface area contributed by atoms with Crippen LogP contribution in [0.15, 0.2) is 28.9 Å². The predicted octanol–water partition coefficient (Wildman–Crippen LogP) is 6.10. The molecule has 2 aliphatic rings. The second-order valence-electron chi connectivity index (χ2n) is 6.82. The van der Waals surface area contributed by atoms with E-state index in [-0.39, 0.29) is 5.91 Å². The molecule has 1 amide bonds. The smallest absolute Gasteiger partial charge is 0.251 e. The third kappa shape index (κ3) is 3.61. The number of carbonyl (C=O) groups excluding carboxylic acids is 1. The van der Waals surface area contributed by atoms with Crippen LogP contribution in [0.3, 0.4) is 0 Å². The van der Waals surface area contributed by atoms with Crippen LogP contribution in [-0.2, 0) is 0 Å². The van der Waals surface area contributed by atoms with Crippen molar-refractivity contribution in [2.75, 3.05) is 0 Å². The van der Waals surface area contributed by atoms with Gasteiger partial charge in [-0.25, -0.2) is 0 Å². The van der Waals surface area contributed by atoms with E-state index >= 15 is 0 Å². The fourth-order valence-electron chi connectivity index (χ4n) is 3.96. The number of aryl methyl sites for hydroxylation is 1. The Balaban J connectivity index is 0.000000528. The minimum absolute atomic E-state index is 0.0620. The zero-order chi connectivity index (χ0) is 18.6. The molecule has 1 aromatic heterocycles. The van der Waals surface area contributed by atoms with Crippen molar-refractivity contribution in [1.29, 1.82) is 0 Å². The number of fused-ring (bicyclic) bond motifs is 1. The van der Waals surface area contributed by atoms with Gasteiger partial charge < -0.3 is 9.73 Å². The highest BCUT2D eigenvalue weighted by atomic mass is 16.3. The van der Waals surface area contributed by atoms with Gasteiger partial charge in [0.15, 0.2) is 0 Å². The Kier molecular flexibility index (Phi) is 6.31. The number of nitrogens with one attached hydrogen (secondary N) is 1. The van der Waals surface area contributed by atoms with Gasteiger partial charge in [0.05, 0.1) is 6.26 Å². The molecule has 1 aromatic carbocycles. The zero-order valence-corrected chi connectivity index (χ0v) is 16.6. The minimum Gasteiger partial charge on any atom is -0.464 e. The van der Waals surface area contributed by atoms with Crippen molar-refractivity contribution in [3.05, 3.63) is 35.6 Å². The van der Waals surface area contributed by atoms with E-state index in [0.29, 0.717) is 17.4 Å². The Hall–Kier alpha value is -1.77. The van der Waals surface area contributed by atoms with E-state index in [1.165, 1.54) is 19.3 Å². The summed E-state index contributed by atoms with van der Waals surface area (Å²) >= 11 is 0. The van der Waals surface area contributed by atoms with Crippen molar-refractivity contribution in [2.24, 2.45) is 11.3 Å². The minimum atomic E-state index is 0.0620. The standard InChI is InChI=1S/C18H21NO2.2C2H6/c1-3-12-9-18(6-7-18)16(12)19-17(20)13-4-5-15-14(8-13)11(2)10-21-15;2*1-2/h4-5,8,10,12,16H,3,6-7,9H2,1-2H3,(H,19,20);2*1-2H3. The lowest BCUT2D eigenvalue weighted by Gasteiger charge is -2.46. The average molecular weight is 344 g/mol. The molecule has 2 aliphatic carbocycles. The van der Waals surface area contributed by atoms with E-state index in [9.17, 15) is 4.79 Å². The van der Waals surface area contributed by atoms with Gasteiger partial charge in [-0.2, -0.15) is 0 Å².